The summed E-state index contributed by atoms with van der Waals surface area (Å²) >= 11 is 0. The van der Waals surface area contributed by atoms with Crippen LogP contribution in [0.2, 0.25) is 0 Å². The molecule has 2 aromatic carbocycles. The largest absolute Gasteiger partial charge is 0.378 e. The minimum atomic E-state index is -0.192. The quantitative estimate of drug-likeness (QED) is 0.916. The first-order valence-corrected chi connectivity index (χ1v) is 6.73. The van der Waals surface area contributed by atoms with Crippen LogP contribution in [-0.4, -0.2) is 21.1 Å². The van der Waals surface area contributed by atoms with Crippen molar-refractivity contribution in [3.05, 3.63) is 65.0 Å². The fourth-order valence-corrected chi connectivity index (χ4v) is 2.45. The maximum atomic E-state index is 13.3. The number of anilines is 1. The van der Waals surface area contributed by atoms with E-state index in [4.69, 9.17) is 0 Å². The molecule has 2 aromatic rings. The van der Waals surface area contributed by atoms with Gasteiger partial charge in [0.15, 0.2) is 0 Å². The fraction of sp³-hybridized carbons (Fsp3) is 0.294. The molecule has 0 aromatic heterocycles. The van der Waals surface area contributed by atoms with Crippen LogP contribution < -0.4 is 10.2 Å². The smallest absolute Gasteiger partial charge is 0.123 e. The number of halogens is 1. The molecule has 0 radical (unpaired) electrons. The Kier molecular flexibility index (Phi) is 4.40. The van der Waals surface area contributed by atoms with Crippen LogP contribution in [0, 0.1) is 12.7 Å². The average molecular weight is 272 g/mol. The molecule has 0 saturated heterocycles. The van der Waals surface area contributed by atoms with E-state index in [1.165, 1.54) is 11.6 Å². The molecule has 20 heavy (non-hydrogen) atoms. The van der Waals surface area contributed by atoms with Crippen molar-refractivity contribution in [3.8, 4) is 0 Å². The van der Waals surface area contributed by atoms with Crippen molar-refractivity contribution < 1.29 is 4.39 Å². The lowest BCUT2D eigenvalue weighted by atomic mass is 9.94. The molecule has 0 amide bonds. The van der Waals surface area contributed by atoms with Crippen molar-refractivity contribution in [2.24, 2.45) is 0 Å². The first kappa shape index (κ1) is 14.5. The summed E-state index contributed by atoms with van der Waals surface area (Å²) in [6.07, 6.45) is 0. The highest BCUT2D eigenvalue weighted by molar-refractivity contribution is 5.50. The molecule has 1 unspecified atom stereocenters. The Hall–Kier alpha value is -1.87. The van der Waals surface area contributed by atoms with E-state index < -0.39 is 0 Å². The predicted molar refractivity (Wildman–Crippen MR) is 82.8 cm³/mol. The normalized spacial score (nSPS) is 12.2. The van der Waals surface area contributed by atoms with Gasteiger partial charge in [-0.25, -0.2) is 4.39 Å². The minimum Gasteiger partial charge on any atom is -0.378 e. The van der Waals surface area contributed by atoms with Crippen molar-refractivity contribution in [2.45, 2.75) is 13.0 Å². The predicted octanol–water partition coefficient (Wildman–Crippen LogP) is 3.51. The van der Waals surface area contributed by atoms with Crippen LogP contribution in [0.25, 0.3) is 0 Å². The number of nitrogens with one attached hydrogen (secondary N) is 1. The molecule has 0 heterocycles. The second-order valence-corrected chi connectivity index (χ2v) is 5.21. The molecule has 1 atom stereocenters. The zero-order valence-electron chi connectivity index (χ0n) is 12.4. The second-order valence-electron chi connectivity index (χ2n) is 5.21. The number of nitrogens with zero attached hydrogens (tertiary/aromatic N) is 1. The first-order chi connectivity index (χ1) is 9.52. The summed E-state index contributed by atoms with van der Waals surface area (Å²) in [5, 5.41) is 3.32. The first-order valence-electron chi connectivity index (χ1n) is 6.73. The lowest BCUT2D eigenvalue weighted by Crippen LogP contribution is -2.19. The molecule has 2 nitrogen and oxygen atoms in total. The van der Waals surface area contributed by atoms with Gasteiger partial charge in [-0.05, 0) is 54.9 Å². The van der Waals surface area contributed by atoms with Crippen LogP contribution in [0.1, 0.15) is 22.7 Å². The standard InChI is InChI=1S/C17H21FN2/c1-12-10-14(18)8-9-16(12)17(19-2)13-6-5-7-15(11-13)20(3)4/h5-11,17,19H,1-4H3. The molecule has 0 aliphatic heterocycles. The number of benzene rings is 2. The summed E-state index contributed by atoms with van der Waals surface area (Å²) in [5.74, 6) is -0.192. The van der Waals surface area contributed by atoms with Crippen LogP contribution in [0.3, 0.4) is 0 Å². The molecule has 0 saturated carbocycles. The van der Waals surface area contributed by atoms with Crippen LogP contribution in [-0.2, 0) is 0 Å². The number of hydrogen-bond acceptors (Lipinski definition) is 2. The Morgan fingerprint density at radius 1 is 1.10 bits per heavy atom. The zero-order valence-corrected chi connectivity index (χ0v) is 12.4. The van der Waals surface area contributed by atoms with Crippen LogP contribution in [0.5, 0.6) is 0 Å². The lowest BCUT2D eigenvalue weighted by molar-refractivity contribution is 0.621. The van der Waals surface area contributed by atoms with E-state index >= 15 is 0 Å². The van der Waals surface area contributed by atoms with Gasteiger partial charge < -0.3 is 10.2 Å². The van der Waals surface area contributed by atoms with Crippen molar-refractivity contribution in [3.63, 3.8) is 0 Å². The van der Waals surface area contributed by atoms with Gasteiger partial charge in [0, 0.05) is 19.8 Å². The minimum absolute atomic E-state index is 0.0653. The van der Waals surface area contributed by atoms with Crippen LogP contribution in [0.4, 0.5) is 10.1 Å². The average Bonchev–Trinajstić information content (AvgIpc) is 2.42. The molecule has 0 fully saturated rings. The van der Waals surface area contributed by atoms with Gasteiger partial charge in [-0.2, -0.15) is 0 Å². The maximum absolute atomic E-state index is 13.3. The highest BCUT2D eigenvalue weighted by atomic mass is 19.1. The number of hydrogen-bond donors (Lipinski definition) is 1. The molecule has 0 aliphatic carbocycles. The van der Waals surface area contributed by atoms with Gasteiger partial charge in [0.1, 0.15) is 5.82 Å². The highest BCUT2D eigenvalue weighted by Crippen LogP contribution is 2.27. The van der Waals surface area contributed by atoms with Gasteiger partial charge in [-0.1, -0.05) is 18.2 Å². The van der Waals surface area contributed by atoms with E-state index in [0.717, 1.165) is 16.8 Å². The number of rotatable bonds is 4. The fourth-order valence-electron chi connectivity index (χ4n) is 2.45. The Morgan fingerprint density at radius 2 is 1.85 bits per heavy atom. The maximum Gasteiger partial charge on any atom is 0.123 e. The molecule has 0 spiro atoms. The van der Waals surface area contributed by atoms with Crippen molar-refractivity contribution >= 4 is 5.69 Å². The van der Waals surface area contributed by atoms with Gasteiger partial charge in [-0.3, -0.25) is 0 Å². The van der Waals surface area contributed by atoms with Gasteiger partial charge in [0.05, 0.1) is 6.04 Å². The van der Waals surface area contributed by atoms with Crippen molar-refractivity contribution in [2.75, 3.05) is 26.0 Å². The van der Waals surface area contributed by atoms with Crippen LogP contribution >= 0.6 is 0 Å². The van der Waals surface area contributed by atoms with E-state index in [1.54, 1.807) is 6.07 Å². The van der Waals surface area contributed by atoms with E-state index in [0.29, 0.717) is 0 Å². The van der Waals surface area contributed by atoms with Gasteiger partial charge in [0.25, 0.3) is 0 Å². The Labute approximate surface area is 120 Å². The van der Waals surface area contributed by atoms with Gasteiger partial charge >= 0.3 is 0 Å². The molecule has 106 valence electrons. The molecule has 1 N–H and O–H groups in total. The zero-order chi connectivity index (χ0) is 14.7. The van der Waals surface area contributed by atoms with E-state index in [9.17, 15) is 4.39 Å². The summed E-state index contributed by atoms with van der Waals surface area (Å²) in [4.78, 5) is 2.08. The summed E-state index contributed by atoms with van der Waals surface area (Å²) < 4.78 is 13.3. The summed E-state index contributed by atoms with van der Waals surface area (Å²) in [5.41, 5.74) is 4.39. The third kappa shape index (κ3) is 2.99. The lowest BCUT2D eigenvalue weighted by Gasteiger charge is -2.21. The third-order valence-electron chi connectivity index (χ3n) is 3.55. The number of aryl methyl sites for hydroxylation is 1. The topological polar surface area (TPSA) is 15.3 Å². The van der Waals surface area contributed by atoms with E-state index in [-0.39, 0.29) is 11.9 Å². The summed E-state index contributed by atoms with van der Waals surface area (Å²) in [6.45, 7) is 1.94. The molecule has 3 heteroatoms. The monoisotopic (exact) mass is 272 g/mol. The van der Waals surface area contributed by atoms with Gasteiger partial charge in [0.2, 0.25) is 0 Å². The molecule has 0 bridgehead atoms. The second kappa shape index (κ2) is 6.06. The molecule has 2 rings (SSSR count). The Balaban J connectivity index is 2.44. The van der Waals surface area contributed by atoms with E-state index in [1.807, 2.05) is 40.2 Å². The molecule has 0 aliphatic rings. The Bertz CT molecular complexity index is 593. The highest BCUT2D eigenvalue weighted by Gasteiger charge is 2.15. The summed E-state index contributed by atoms with van der Waals surface area (Å²) in [6, 6.07) is 13.4. The van der Waals surface area contributed by atoms with E-state index in [2.05, 4.69) is 28.4 Å². The molecular formula is C17H21FN2. The third-order valence-corrected chi connectivity index (χ3v) is 3.55. The SMILES string of the molecule is CNC(c1cccc(N(C)C)c1)c1ccc(F)cc1C. The summed E-state index contributed by atoms with van der Waals surface area (Å²) in [7, 11) is 5.98. The van der Waals surface area contributed by atoms with Crippen molar-refractivity contribution in [1.82, 2.24) is 5.32 Å². The Morgan fingerprint density at radius 3 is 2.45 bits per heavy atom. The van der Waals surface area contributed by atoms with Gasteiger partial charge in [-0.15, -0.1) is 0 Å². The van der Waals surface area contributed by atoms with Crippen LogP contribution in [0.15, 0.2) is 42.5 Å². The van der Waals surface area contributed by atoms with Crippen molar-refractivity contribution in [1.29, 1.82) is 0 Å². The molecular weight excluding hydrogens is 251 g/mol.